The van der Waals surface area contributed by atoms with Gasteiger partial charge in [0.15, 0.2) is 0 Å². The number of halogens is 1. The lowest BCUT2D eigenvalue weighted by Crippen LogP contribution is -2.07. The monoisotopic (exact) mass is 525 g/mol. The first-order valence-electron chi connectivity index (χ1n) is 10.8. The molecule has 9 heteroatoms. The first-order chi connectivity index (χ1) is 17.2. The van der Waals surface area contributed by atoms with Gasteiger partial charge >= 0.3 is 0 Å². The minimum atomic E-state index is 0.271. The summed E-state index contributed by atoms with van der Waals surface area (Å²) in [5.41, 5.74) is 5.55. The molecule has 0 aliphatic rings. The van der Waals surface area contributed by atoms with Gasteiger partial charge in [-0.05, 0) is 48.5 Å². The molecule has 0 aliphatic heterocycles. The van der Waals surface area contributed by atoms with Crippen molar-refractivity contribution >= 4 is 51.4 Å². The van der Waals surface area contributed by atoms with Gasteiger partial charge in [-0.1, -0.05) is 64.5 Å². The summed E-state index contributed by atoms with van der Waals surface area (Å²) in [4.78, 5) is 13.3. The van der Waals surface area contributed by atoms with Gasteiger partial charge in [-0.15, -0.1) is 0 Å². The number of benzene rings is 3. The van der Waals surface area contributed by atoms with E-state index in [0.717, 1.165) is 27.2 Å². The Labute approximate surface area is 210 Å². The van der Waals surface area contributed by atoms with Crippen molar-refractivity contribution in [3.05, 3.63) is 107 Å². The highest BCUT2D eigenvalue weighted by molar-refractivity contribution is 9.10. The highest BCUT2D eigenvalue weighted by Gasteiger charge is 2.08. The van der Waals surface area contributed by atoms with Gasteiger partial charge in [0.05, 0.1) is 6.21 Å². The smallest absolute Gasteiger partial charge is 0.250 e. The second-order valence-electron chi connectivity index (χ2n) is 7.37. The fourth-order valence-corrected chi connectivity index (χ4v) is 3.45. The molecule has 0 amide bonds. The van der Waals surface area contributed by atoms with Gasteiger partial charge < -0.3 is 15.1 Å². The molecule has 0 bridgehead atoms. The zero-order chi connectivity index (χ0) is 23.9. The molecule has 3 N–H and O–H groups in total. The molecule has 2 aromatic heterocycles. The Bertz CT molecular complexity index is 1360. The lowest BCUT2D eigenvalue weighted by atomic mass is 10.2. The second-order valence-corrected chi connectivity index (χ2v) is 8.28. The summed E-state index contributed by atoms with van der Waals surface area (Å²) in [6, 6.07) is 31.0. The van der Waals surface area contributed by atoms with Crippen LogP contribution in [0.25, 0.3) is 11.3 Å². The Hall–Kier alpha value is -4.50. The lowest BCUT2D eigenvalue weighted by Gasteiger charge is -2.10. The normalized spacial score (nSPS) is 10.9. The average molecular weight is 526 g/mol. The molecule has 172 valence electrons. The molecule has 35 heavy (non-hydrogen) atoms. The van der Waals surface area contributed by atoms with E-state index in [1.807, 2.05) is 97.1 Å². The predicted octanol–water partition coefficient (Wildman–Crippen LogP) is 6.83. The molecule has 8 nitrogen and oxygen atoms in total. The second kappa shape index (κ2) is 10.6. The van der Waals surface area contributed by atoms with Gasteiger partial charge in [-0.25, -0.2) is 5.43 Å². The van der Waals surface area contributed by atoms with Crippen molar-refractivity contribution in [2.24, 2.45) is 5.10 Å². The molecule has 0 aliphatic carbocycles. The molecule has 0 fully saturated rings. The van der Waals surface area contributed by atoms with Crippen LogP contribution in [0.4, 0.5) is 29.2 Å². The van der Waals surface area contributed by atoms with Crippen LogP contribution in [-0.4, -0.2) is 21.2 Å². The van der Waals surface area contributed by atoms with E-state index in [4.69, 9.17) is 4.42 Å². The first kappa shape index (κ1) is 22.3. The van der Waals surface area contributed by atoms with E-state index in [9.17, 15) is 0 Å². The highest BCUT2D eigenvalue weighted by atomic mass is 79.9. The molecule has 5 aromatic rings. The standard InChI is InChI=1S/C26H20BrN7O/c27-19-13-11-18(12-14-19)23-16-15-22(35-23)17-28-34-26-32-24(29-20-7-3-1-4-8-20)31-25(33-26)30-21-9-5-2-6-10-21/h1-17H,(H3,29,30,31,32,33,34). The molecule has 0 saturated carbocycles. The summed E-state index contributed by atoms with van der Waals surface area (Å²) in [6.45, 7) is 0. The Balaban J connectivity index is 1.34. The van der Waals surface area contributed by atoms with Crippen molar-refractivity contribution in [1.82, 2.24) is 15.0 Å². The van der Waals surface area contributed by atoms with Gasteiger partial charge in [0.1, 0.15) is 11.5 Å². The van der Waals surface area contributed by atoms with E-state index in [-0.39, 0.29) is 5.95 Å². The molecular weight excluding hydrogens is 506 g/mol. The van der Waals surface area contributed by atoms with E-state index in [2.05, 4.69) is 52.0 Å². The number of aromatic nitrogens is 3. The van der Waals surface area contributed by atoms with Crippen molar-refractivity contribution in [2.45, 2.75) is 0 Å². The van der Waals surface area contributed by atoms with Gasteiger partial charge in [-0.2, -0.15) is 20.1 Å². The van der Waals surface area contributed by atoms with Crippen LogP contribution in [0.5, 0.6) is 0 Å². The van der Waals surface area contributed by atoms with Gasteiger partial charge in [0, 0.05) is 21.4 Å². The van der Waals surface area contributed by atoms with E-state index < -0.39 is 0 Å². The number of hydrazone groups is 1. The van der Waals surface area contributed by atoms with Crippen molar-refractivity contribution in [3.63, 3.8) is 0 Å². The fourth-order valence-electron chi connectivity index (χ4n) is 3.18. The average Bonchev–Trinajstić information content (AvgIpc) is 3.35. The third kappa shape index (κ3) is 6.10. The Morgan fingerprint density at radius 1 is 0.657 bits per heavy atom. The summed E-state index contributed by atoms with van der Waals surface area (Å²) in [7, 11) is 0. The summed E-state index contributed by atoms with van der Waals surface area (Å²) < 4.78 is 6.88. The minimum absolute atomic E-state index is 0.271. The molecule has 3 aromatic carbocycles. The van der Waals surface area contributed by atoms with E-state index in [1.165, 1.54) is 0 Å². The maximum absolute atomic E-state index is 5.87. The number of rotatable bonds is 8. The number of nitrogens with zero attached hydrogens (tertiary/aromatic N) is 4. The van der Waals surface area contributed by atoms with Crippen LogP contribution < -0.4 is 16.1 Å². The summed E-state index contributed by atoms with van der Waals surface area (Å²) >= 11 is 3.44. The number of hydrogen-bond donors (Lipinski definition) is 3. The maximum atomic E-state index is 5.87. The third-order valence-electron chi connectivity index (χ3n) is 4.81. The van der Waals surface area contributed by atoms with E-state index in [0.29, 0.717) is 17.7 Å². The fraction of sp³-hybridized carbons (Fsp3) is 0. The van der Waals surface area contributed by atoms with E-state index in [1.54, 1.807) is 6.21 Å². The molecule has 0 atom stereocenters. The number of hydrogen-bond acceptors (Lipinski definition) is 8. The van der Waals surface area contributed by atoms with Gasteiger partial charge in [0.25, 0.3) is 0 Å². The molecular formula is C26H20BrN7O. The zero-order valence-electron chi connectivity index (χ0n) is 18.4. The molecule has 0 saturated heterocycles. The predicted molar refractivity (Wildman–Crippen MR) is 142 cm³/mol. The summed E-state index contributed by atoms with van der Waals surface area (Å²) in [5, 5.41) is 10.6. The molecule has 2 heterocycles. The minimum Gasteiger partial charge on any atom is -0.455 e. The van der Waals surface area contributed by atoms with Crippen molar-refractivity contribution in [3.8, 4) is 11.3 Å². The quantitative estimate of drug-likeness (QED) is 0.151. The van der Waals surface area contributed by atoms with Crippen LogP contribution in [-0.2, 0) is 0 Å². The van der Waals surface area contributed by atoms with Crippen molar-refractivity contribution < 1.29 is 4.42 Å². The first-order valence-corrected chi connectivity index (χ1v) is 11.6. The molecule has 0 radical (unpaired) electrons. The van der Waals surface area contributed by atoms with Gasteiger partial charge in [0.2, 0.25) is 17.8 Å². The van der Waals surface area contributed by atoms with Crippen LogP contribution >= 0.6 is 15.9 Å². The Morgan fingerprint density at radius 3 is 1.83 bits per heavy atom. The largest absolute Gasteiger partial charge is 0.455 e. The highest BCUT2D eigenvalue weighted by Crippen LogP contribution is 2.23. The SMILES string of the molecule is Brc1ccc(-c2ccc(C=NNc3nc(Nc4ccccc4)nc(Nc4ccccc4)n3)o2)cc1. The lowest BCUT2D eigenvalue weighted by molar-refractivity contribution is 0.575. The Kier molecular flexibility index (Phi) is 6.77. The number of nitrogens with one attached hydrogen (secondary N) is 3. The maximum Gasteiger partial charge on any atom is 0.250 e. The Morgan fingerprint density at radius 2 is 1.23 bits per heavy atom. The summed E-state index contributed by atoms with van der Waals surface area (Å²) in [6.07, 6.45) is 1.57. The molecule has 0 spiro atoms. The summed E-state index contributed by atoms with van der Waals surface area (Å²) in [5.74, 6) is 2.36. The van der Waals surface area contributed by atoms with Crippen LogP contribution in [0, 0.1) is 0 Å². The number of anilines is 5. The van der Waals surface area contributed by atoms with Crippen LogP contribution in [0.15, 0.2) is 111 Å². The topological polar surface area (TPSA) is 100 Å². The molecule has 5 rings (SSSR count). The van der Waals surface area contributed by atoms with Crippen LogP contribution in [0.2, 0.25) is 0 Å². The van der Waals surface area contributed by atoms with E-state index >= 15 is 0 Å². The third-order valence-corrected chi connectivity index (χ3v) is 5.34. The van der Waals surface area contributed by atoms with Gasteiger partial charge in [-0.3, -0.25) is 0 Å². The number of furan rings is 1. The number of para-hydroxylation sites is 2. The molecule has 0 unspecified atom stereocenters. The van der Waals surface area contributed by atoms with Crippen molar-refractivity contribution in [2.75, 3.05) is 16.1 Å². The van der Waals surface area contributed by atoms with Crippen molar-refractivity contribution in [1.29, 1.82) is 0 Å². The van der Waals surface area contributed by atoms with Crippen LogP contribution in [0.1, 0.15) is 5.76 Å². The zero-order valence-corrected chi connectivity index (χ0v) is 20.0. The van der Waals surface area contributed by atoms with Crippen LogP contribution in [0.3, 0.4) is 0 Å².